The highest BCUT2D eigenvalue weighted by molar-refractivity contribution is 7.80. The van der Waals surface area contributed by atoms with Crippen LogP contribution in [-0.2, 0) is 24.1 Å². The van der Waals surface area contributed by atoms with Crippen molar-refractivity contribution in [1.29, 1.82) is 0 Å². The van der Waals surface area contributed by atoms with Crippen molar-refractivity contribution in [1.82, 2.24) is 0 Å². The number of ether oxygens (including phenoxy) is 2. The Balaban J connectivity index is 1.93. The molecule has 1 aliphatic rings. The molecular weight excluding hydrogens is 308 g/mol. The van der Waals surface area contributed by atoms with Crippen LogP contribution >= 0.6 is 0 Å². The van der Waals surface area contributed by atoms with E-state index in [0.29, 0.717) is 0 Å². The summed E-state index contributed by atoms with van der Waals surface area (Å²) in [5.74, 6) is 0. The van der Waals surface area contributed by atoms with Gasteiger partial charge in [-0.1, -0.05) is 58.3 Å². The lowest BCUT2D eigenvalue weighted by Crippen LogP contribution is -2.38. The van der Waals surface area contributed by atoms with E-state index in [4.69, 9.17) is 9.47 Å². The van der Waals surface area contributed by atoms with E-state index in [2.05, 4.69) is 11.1 Å². The molecule has 0 aliphatic carbocycles. The summed E-state index contributed by atoms with van der Waals surface area (Å²) in [6.07, 6.45) is 11.0. The van der Waals surface area contributed by atoms with Crippen LogP contribution in [0.5, 0.6) is 0 Å². The van der Waals surface area contributed by atoms with Gasteiger partial charge < -0.3 is 14.0 Å². The Bertz CT molecular complexity index is 362. The van der Waals surface area contributed by atoms with Gasteiger partial charge in [0.2, 0.25) is 10.4 Å². The third kappa shape index (κ3) is 10.5. The second-order valence-corrected chi connectivity index (χ2v) is 6.85. The molecule has 1 rings (SSSR count). The number of rotatable bonds is 12. The summed E-state index contributed by atoms with van der Waals surface area (Å²) in [7, 11) is -4.69. The standard InChI is InChI=1S/C15H30O6S/c1-2-3-4-5-6-7-8-9-10-11-15-19-12-14(13-20-15)21-22(16,17)18/h14-15H,2-13H2,1H3,(H,16,17,18)/p-1. The molecule has 0 aromatic heterocycles. The molecule has 132 valence electrons. The fourth-order valence-corrected chi connectivity index (χ4v) is 2.98. The predicted octanol–water partition coefficient (Wildman–Crippen LogP) is 3.13. The van der Waals surface area contributed by atoms with Crippen molar-refractivity contribution >= 4 is 10.4 Å². The molecule has 7 heteroatoms. The van der Waals surface area contributed by atoms with Crippen LogP contribution in [0.3, 0.4) is 0 Å². The van der Waals surface area contributed by atoms with Crippen molar-refractivity contribution in [3.63, 3.8) is 0 Å². The summed E-state index contributed by atoms with van der Waals surface area (Å²) >= 11 is 0. The molecule has 0 unspecified atom stereocenters. The summed E-state index contributed by atoms with van der Waals surface area (Å²) in [5.41, 5.74) is 0. The number of hydrogen-bond donors (Lipinski definition) is 0. The molecular formula is C15H29O6S-. The van der Waals surface area contributed by atoms with Gasteiger partial charge in [0.25, 0.3) is 0 Å². The van der Waals surface area contributed by atoms with Crippen molar-refractivity contribution in [2.24, 2.45) is 0 Å². The molecule has 1 fully saturated rings. The molecule has 0 N–H and O–H groups in total. The maximum Gasteiger partial charge on any atom is 0.218 e. The van der Waals surface area contributed by atoms with Crippen molar-refractivity contribution in [3.8, 4) is 0 Å². The smallest absolute Gasteiger partial charge is 0.218 e. The van der Waals surface area contributed by atoms with Crippen molar-refractivity contribution in [2.75, 3.05) is 13.2 Å². The zero-order chi connectivity index (χ0) is 16.3. The summed E-state index contributed by atoms with van der Waals surface area (Å²) in [6.45, 7) is 2.40. The Morgan fingerprint density at radius 1 is 0.955 bits per heavy atom. The van der Waals surface area contributed by atoms with Crippen LogP contribution in [0, 0.1) is 0 Å². The number of unbranched alkanes of at least 4 members (excludes halogenated alkanes) is 8. The van der Waals surface area contributed by atoms with Crippen LogP contribution in [0.1, 0.15) is 71.1 Å². The minimum atomic E-state index is -4.69. The van der Waals surface area contributed by atoms with Crippen LogP contribution in [0.4, 0.5) is 0 Å². The zero-order valence-corrected chi connectivity index (χ0v) is 14.3. The van der Waals surface area contributed by atoms with Gasteiger partial charge in [-0.2, -0.15) is 0 Å². The van der Waals surface area contributed by atoms with Gasteiger partial charge in [0, 0.05) is 0 Å². The van der Waals surface area contributed by atoms with E-state index in [9.17, 15) is 13.0 Å². The largest absolute Gasteiger partial charge is 0.726 e. The first-order valence-corrected chi connectivity index (χ1v) is 9.72. The molecule has 0 atom stereocenters. The average molecular weight is 337 g/mol. The topological polar surface area (TPSA) is 84.9 Å². The summed E-state index contributed by atoms with van der Waals surface area (Å²) in [4.78, 5) is 0. The van der Waals surface area contributed by atoms with E-state index >= 15 is 0 Å². The Kier molecular flexibility index (Phi) is 10.2. The van der Waals surface area contributed by atoms with Gasteiger partial charge in [-0.15, -0.1) is 0 Å². The van der Waals surface area contributed by atoms with Crippen LogP contribution < -0.4 is 0 Å². The van der Waals surface area contributed by atoms with E-state index in [0.717, 1.165) is 19.3 Å². The highest BCUT2D eigenvalue weighted by Crippen LogP contribution is 2.17. The van der Waals surface area contributed by atoms with E-state index in [-0.39, 0.29) is 19.5 Å². The molecule has 1 heterocycles. The molecule has 22 heavy (non-hydrogen) atoms. The van der Waals surface area contributed by atoms with Gasteiger partial charge in [0.15, 0.2) is 6.29 Å². The SMILES string of the molecule is CCCCCCCCCCCC1OCC(OS(=O)(=O)[O-])CO1. The van der Waals surface area contributed by atoms with Gasteiger partial charge in [0.05, 0.1) is 13.2 Å². The van der Waals surface area contributed by atoms with Gasteiger partial charge in [-0.05, 0) is 12.8 Å². The van der Waals surface area contributed by atoms with E-state index in [1.165, 1.54) is 44.9 Å². The average Bonchev–Trinajstić information content (AvgIpc) is 2.46. The molecule has 0 bridgehead atoms. The lowest BCUT2D eigenvalue weighted by molar-refractivity contribution is -0.214. The highest BCUT2D eigenvalue weighted by Gasteiger charge is 2.24. The van der Waals surface area contributed by atoms with Crippen molar-refractivity contribution in [3.05, 3.63) is 0 Å². The van der Waals surface area contributed by atoms with E-state index in [1.807, 2.05) is 0 Å². The summed E-state index contributed by atoms with van der Waals surface area (Å²) in [5, 5.41) is 0. The van der Waals surface area contributed by atoms with Crippen LogP contribution in [0.2, 0.25) is 0 Å². The lowest BCUT2D eigenvalue weighted by Gasteiger charge is -2.29. The fraction of sp³-hybridized carbons (Fsp3) is 1.00. The van der Waals surface area contributed by atoms with Crippen LogP contribution in [0.25, 0.3) is 0 Å². The molecule has 0 spiro atoms. The molecule has 0 aromatic rings. The van der Waals surface area contributed by atoms with Crippen molar-refractivity contribution in [2.45, 2.75) is 83.5 Å². The Hall–Kier alpha value is -0.210. The molecule has 0 amide bonds. The molecule has 0 saturated carbocycles. The summed E-state index contributed by atoms with van der Waals surface area (Å²) in [6, 6.07) is 0. The third-order valence-electron chi connectivity index (χ3n) is 3.73. The van der Waals surface area contributed by atoms with E-state index < -0.39 is 16.5 Å². The zero-order valence-electron chi connectivity index (χ0n) is 13.5. The van der Waals surface area contributed by atoms with E-state index in [1.54, 1.807) is 0 Å². The third-order valence-corrected chi connectivity index (χ3v) is 4.24. The van der Waals surface area contributed by atoms with Gasteiger partial charge in [-0.3, -0.25) is 4.18 Å². The maximum absolute atomic E-state index is 10.4. The molecule has 6 nitrogen and oxygen atoms in total. The van der Waals surface area contributed by atoms with Gasteiger partial charge in [0.1, 0.15) is 6.10 Å². The normalized spacial score (nSPS) is 22.8. The quantitative estimate of drug-likeness (QED) is 0.309. The minimum absolute atomic E-state index is 0.0869. The predicted molar refractivity (Wildman–Crippen MR) is 82.1 cm³/mol. The molecule has 0 radical (unpaired) electrons. The molecule has 1 saturated heterocycles. The maximum atomic E-state index is 10.4. The monoisotopic (exact) mass is 337 g/mol. The van der Waals surface area contributed by atoms with Crippen LogP contribution in [0.15, 0.2) is 0 Å². The first-order valence-electron chi connectivity index (χ1n) is 8.38. The first-order chi connectivity index (χ1) is 10.5. The highest BCUT2D eigenvalue weighted by atomic mass is 32.3. The molecule has 0 aromatic carbocycles. The van der Waals surface area contributed by atoms with Gasteiger partial charge in [-0.25, -0.2) is 8.42 Å². The molecule has 1 aliphatic heterocycles. The summed E-state index contributed by atoms with van der Waals surface area (Å²) < 4.78 is 46.3. The first kappa shape index (κ1) is 19.8. The Labute approximate surface area is 134 Å². The lowest BCUT2D eigenvalue weighted by atomic mass is 10.1. The van der Waals surface area contributed by atoms with Gasteiger partial charge >= 0.3 is 0 Å². The Morgan fingerprint density at radius 3 is 1.95 bits per heavy atom. The second kappa shape index (κ2) is 11.3. The number of hydrogen-bond acceptors (Lipinski definition) is 6. The fourth-order valence-electron chi connectivity index (χ4n) is 2.54. The Morgan fingerprint density at radius 2 is 1.45 bits per heavy atom. The van der Waals surface area contributed by atoms with Crippen molar-refractivity contribution < 1.29 is 26.6 Å². The minimum Gasteiger partial charge on any atom is -0.726 e. The second-order valence-electron chi connectivity index (χ2n) is 5.84. The van der Waals surface area contributed by atoms with Crippen LogP contribution in [-0.4, -0.2) is 38.6 Å².